The molecule has 1 aromatic heterocycles. The number of fused-ring (bicyclic) bond motifs is 1. The Kier molecular flexibility index (Phi) is 5.61. The highest BCUT2D eigenvalue weighted by atomic mass is 15.3. The SMILES string of the molecule is CCNCCCCCCN1CCn2cnnc2C1. The molecule has 1 aliphatic rings. The molecule has 1 aliphatic heterocycles. The summed E-state index contributed by atoms with van der Waals surface area (Å²) in [6, 6.07) is 0. The Morgan fingerprint density at radius 2 is 2.11 bits per heavy atom. The maximum Gasteiger partial charge on any atom is 0.147 e. The van der Waals surface area contributed by atoms with Crippen molar-refractivity contribution in [3.05, 3.63) is 12.2 Å². The molecular formula is C13H25N5. The molecule has 102 valence electrons. The minimum atomic E-state index is 0.970. The Hall–Kier alpha value is -0.940. The second kappa shape index (κ2) is 7.48. The van der Waals surface area contributed by atoms with E-state index < -0.39 is 0 Å². The van der Waals surface area contributed by atoms with Gasteiger partial charge in [0, 0.05) is 13.1 Å². The van der Waals surface area contributed by atoms with Gasteiger partial charge in [-0.2, -0.15) is 0 Å². The summed E-state index contributed by atoms with van der Waals surface area (Å²) in [5, 5.41) is 11.5. The van der Waals surface area contributed by atoms with Gasteiger partial charge in [0.1, 0.15) is 12.2 Å². The van der Waals surface area contributed by atoms with Gasteiger partial charge in [0.15, 0.2) is 0 Å². The van der Waals surface area contributed by atoms with Gasteiger partial charge >= 0.3 is 0 Å². The smallest absolute Gasteiger partial charge is 0.147 e. The van der Waals surface area contributed by atoms with Crippen molar-refractivity contribution >= 4 is 0 Å². The number of hydrogen-bond acceptors (Lipinski definition) is 4. The maximum atomic E-state index is 4.15. The third-order valence-electron chi connectivity index (χ3n) is 3.55. The molecule has 1 N–H and O–H groups in total. The van der Waals surface area contributed by atoms with Crippen molar-refractivity contribution in [2.75, 3.05) is 26.2 Å². The number of nitrogens with zero attached hydrogens (tertiary/aromatic N) is 4. The zero-order valence-electron chi connectivity index (χ0n) is 11.4. The van der Waals surface area contributed by atoms with E-state index in [1.54, 1.807) is 0 Å². The van der Waals surface area contributed by atoms with Crippen molar-refractivity contribution < 1.29 is 0 Å². The number of nitrogens with one attached hydrogen (secondary N) is 1. The molecular weight excluding hydrogens is 226 g/mol. The predicted molar refractivity (Wildman–Crippen MR) is 72.3 cm³/mol. The van der Waals surface area contributed by atoms with Gasteiger partial charge in [-0.3, -0.25) is 4.90 Å². The minimum Gasteiger partial charge on any atom is -0.317 e. The zero-order valence-corrected chi connectivity index (χ0v) is 11.4. The van der Waals surface area contributed by atoms with Crippen LogP contribution in [-0.4, -0.2) is 45.8 Å². The molecule has 0 aromatic carbocycles. The van der Waals surface area contributed by atoms with E-state index in [1.807, 2.05) is 6.33 Å². The summed E-state index contributed by atoms with van der Waals surface area (Å²) in [5.41, 5.74) is 0. The van der Waals surface area contributed by atoms with Crippen LogP contribution in [0.25, 0.3) is 0 Å². The largest absolute Gasteiger partial charge is 0.317 e. The first-order chi connectivity index (χ1) is 8.90. The Morgan fingerprint density at radius 3 is 3.00 bits per heavy atom. The fourth-order valence-corrected chi connectivity index (χ4v) is 2.42. The third-order valence-corrected chi connectivity index (χ3v) is 3.55. The average Bonchev–Trinajstić information content (AvgIpc) is 2.85. The quantitative estimate of drug-likeness (QED) is 0.707. The van der Waals surface area contributed by atoms with E-state index in [2.05, 4.69) is 31.9 Å². The van der Waals surface area contributed by atoms with E-state index in [4.69, 9.17) is 0 Å². The van der Waals surface area contributed by atoms with Crippen molar-refractivity contribution in [2.24, 2.45) is 0 Å². The highest BCUT2D eigenvalue weighted by Gasteiger charge is 2.16. The number of unbranched alkanes of at least 4 members (excludes halogenated alkanes) is 3. The lowest BCUT2D eigenvalue weighted by molar-refractivity contribution is 0.212. The topological polar surface area (TPSA) is 46.0 Å². The molecule has 2 rings (SSSR count). The number of hydrogen-bond donors (Lipinski definition) is 1. The van der Waals surface area contributed by atoms with Gasteiger partial charge in [-0.1, -0.05) is 19.8 Å². The summed E-state index contributed by atoms with van der Waals surface area (Å²) in [7, 11) is 0. The van der Waals surface area contributed by atoms with Crippen LogP contribution in [0.3, 0.4) is 0 Å². The fraction of sp³-hybridized carbons (Fsp3) is 0.846. The minimum absolute atomic E-state index is 0.970. The van der Waals surface area contributed by atoms with Crippen LogP contribution in [0.4, 0.5) is 0 Å². The van der Waals surface area contributed by atoms with Gasteiger partial charge in [-0.05, 0) is 32.5 Å². The highest BCUT2D eigenvalue weighted by Crippen LogP contribution is 2.10. The summed E-state index contributed by atoms with van der Waals surface area (Å²) in [4.78, 5) is 2.49. The van der Waals surface area contributed by atoms with Crippen LogP contribution in [0.15, 0.2) is 6.33 Å². The Labute approximate surface area is 110 Å². The molecule has 5 heteroatoms. The third kappa shape index (κ3) is 4.07. The molecule has 0 radical (unpaired) electrons. The van der Waals surface area contributed by atoms with E-state index >= 15 is 0 Å². The highest BCUT2D eigenvalue weighted by molar-refractivity contribution is 4.89. The van der Waals surface area contributed by atoms with Crippen LogP contribution in [0.5, 0.6) is 0 Å². The predicted octanol–water partition coefficient (Wildman–Crippen LogP) is 1.26. The van der Waals surface area contributed by atoms with Gasteiger partial charge < -0.3 is 9.88 Å². The van der Waals surface area contributed by atoms with Gasteiger partial charge in [0.25, 0.3) is 0 Å². The van der Waals surface area contributed by atoms with Crippen LogP contribution < -0.4 is 5.32 Å². The molecule has 0 fully saturated rings. The average molecular weight is 251 g/mol. The lowest BCUT2D eigenvalue weighted by Crippen LogP contribution is -2.34. The van der Waals surface area contributed by atoms with E-state index in [-0.39, 0.29) is 0 Å². The maximum absolute atomic E-state index is 4.15. The summed E-state index contributed by atoms with van der Waals surface area (Å²) in [6.07, 6.45) is 7.14. The fourth-order valence-electron chi connectivity index (χ4n) is 2.42. The first-order valence-electron chi connectivity index (χ1n) is 7.20. The standard InChI is InChI=1S/C13H25N5/c1-2-14-7-5-3-4-6-8-17-9-10-18-12-15-16-13(18)11-17/h12,14H,2-11H2,1H3. The molecule has 0 spiro atoms. The molecule has 0 unspecified atom stereocenters. The van der Waals surface area contributed by atoms with Crippen molar-refractivity contribution in [2.45, 2.75) is 45.7 Å². The summed E-state index contributed by atoms with van der Waals surface area (Å²) >= 11 is 0. The zero-order chi connectivity index (χ0) is 12.6. The molecule has 0 saturated heterocycles. The molecule has 0 amide bonds. The van der Waals surface area contributed by atoms with Crippen molar-refractivity contribution in [3.63, 3.8) is 0 Å². The second-order valence-electron chi connectivity index (χ2n) is 4.98. The molecule has 18 heavy (non-hydrogen) atoms. The van der Waals surface area contributed by atoms with E-state index in [9.17, 15) is 0 Å². The van der Waals surface area contributed by atoms with Crippen LogP contribution in [0.2, 0.25) is 0 Å². The Balaban J connectivity index is 1.53. The van der Waals surface area contributed by atoms with Crippen LogP contribution in [-0.2, 0) is 13.1 Å². The normalized spacial score (nSPS) is 15.8. The molecule has 5 nitrogen and oxygen atoms in total. The van der Waals surface area contributed by atoms with Crippen LogP contribution in [0.1, 0.15) is 38.4 Å². The Bertz CT molecular complexity index is 336. The second-order valence-corrected chi connectivity index (χ2v) is 4.98. The van der Waals surface area contributed by atoms with E-state index in [0.29, 0.717) is 0 Å². The van der Waals surface area contributed by atoms with Gasteiger partial charge in [-0.25, -0.2) is 0 Å². The summed E-state index contributed by atoms with van der Waals surface area (Å²) in [5.74, 6) is 1.12. The molecule has 0 saturated carbocycles. The Morgan fingerprint density at radius 1 is 1.22 bits per heavy atom. The van der Waals surface area contributed by atoms with E-state index in [0.717, 1.165) is 32.0 Å². The van der Waals surface area contributed by atoms with Gasteiger partial charge in [0.05, 0.1) is 6.54 Å². The molecule has 0 aliphatic carbocycles. The molecule has 1 aromatic rings. The van der Waals surface area contributed by atoms with Crippen molar-refractivity contribution in [1.82, 2.24) is 25.0 Å². The lowest BCUT2D eigenvalue weighted by Gasteiger charge is -2.26. The van der Waals surface area contributed by atoms with Gasteiger partial charge in [-0.15, -0.1) is 10.2 Å². The first-order valence-corrected chi connectivity index (χ1v) is 7.20. The van der Waals surface area contributed by atoms with Crippen molar-refractivity contribution in [1.29, 1.82) is 0 Å². The van der Waals surface area contributed by atoms with Crippen molar-refractivity contribution in [3.8, 4) is 0 Å². The lowest BCUT2D eigenvalue weighted by atomic mass is 10.2. The monoisotopic (exact) mass is 251 g/mol. The van der Waals surface area contributed by atoms with Crippen LogP contribution >= 0.6 is 0 Å². The van der Waals surface area contributed by atoms with Gasteiger partial charge in [0.2, 0.25) is 0 Å². The molecule has 0 bridgehead atoms. The van der Waals surface area contributed by atoms with E-state index in [1.165, 1.54) is 38.8 Å². The van der Waals surface area contributed by atoms with Crippen LogP contribution in [0, 0.1) is 0 Å². The first kappa shape index (κ1) is 13.5. The summed E-state index contributed by atoms with van der Waals surface area (Å²) in [6.45, 7) is 8.78. The molecule has 0 atom stereocenters. The number of rotatable bonds is 8. The number of aromatic nitrogens is 3. The molecule has 2 heterocycles. The summed E-state index contributed by atoms with van der Waals surface area (Å²) < 4.78 is 2.16.